The van der Waals surface area contributed by atoms with E-state index >= 15 is 0 Å². The van der Waals surface area contributed by atoms with E-state index in [2.05, 4.69) is 46.6 Å². The molecule has 0 radical (unpaired) electrons. The summed E-state index contributed by atoms with van der Waals surface area (Å²) in [6.45, 7) is 6.24. The quantitative estimate of drug-likeness (QED) is 0.774. The zero-order chi connectivity index (χ0) is 13.3. The zero-order valence-corrected chi connectivity index (χ0v) is 13.8. The van der Waals surface area contributed by atoms with Crippen molar-refractivity contribution in [3.05, 3.63) is 27.7 Å². The Hall–Kier alpha value is -0.743. The van der Waals surface area contributed by atoms with Crippen molar-refractivity contribution < 1.29 is 4.43 Å². The molecule has 0 N–H and O–H groups in total. The van der Waals surface area contributed by atoms with Crippen LogP contribution in [0, 0.1) is 11.3 Å². The van der Waals surface area contributed by atoms with Crippen molar-refractivity contribution in [3.63, 3.8) is 0 Å². The first-order chi connectivity index (χ1) is 8.42. The number of rotatable bonds is 3. The Morgan fingerprint density at radius 1 is 1.50 bits per heavy atom. The molecule has 0 spiro atoms. The zero-order valence-electron chi connectivity index (χ0n) is 10.4. The first-order valence-corrected chi connectivity index (χ1v) is 10.5. The van der Waals surface area contributed by atoms with E-state index in [-0.39, 0.29) is 0 Å². The predicted molar refractivity (Wildman–Crippen MR) is 80.1 cm³/mol. The molecule has 2 heterocycles. The Labute approximate surface area is 120 Å². The van der Waals surface area contributed by atoms with Crippen LogP contribution in [-0.2, 0) is 4.43 Å². The van der Waals surface area contributed by atoms with Crippen LogP contribution in [0.5, 0.6) is 0 Å². The minimum absolute atomic E-state index is 0.509. The molecule has 0 saturated carbocycles. The third-order valence-corrected chi connectivity index (χ3v) is 5.47. The minimum atomic E-state index is -1.75. The first kappa shape index (κ1) is 13.7. The van der Waals surface area contributed by atoms with Gasteiger partial charge in [0.25, 0.3) is 0 Å². The molecule has 0 aromatic carbocycles. The van der Waals surface area contributed by atoms with Gasteiger partial charge in [0.1, 0.15) is 4.83 Å². The standard InChI is InChI=1S/C12H13BrN2OSSi/c1-18(2,3)16-9(7-14)11-10(13)8-5-4-6-15-12(8)17-11/h4-6,9H,1-3H3. The molecule has 1 atom stereocenters. The van der Waals surface area contributed by atoms with Gasteiger partial charge in [-0.15, -0.1) is 11.3 Å². The predicted octanol–water partition coefficient (Wildman–Crippen LogP) is 4.47. The second-order valence-electron chi connectivity index (χ2n) is 4.88. The summed E-state index contributed by atoms with van der Waals surface area (Å²) in [6, 6.07) is 6.13. The highest BCUT2D eigenvalue weighted by Crippen LogP contribution is 2.39. The minimum Gasteiger partial charge on any atom is -0.398 e. The number of pyridine rings is 1. The van der Waals surface area contributed by atoms with E-state index in [1.165, 1.54) is 11.3 Å². The monoisotopic (exact) mass is 340 g/mol. The van der Waals surface area contributed by atoms with Crippen molar-refractivity contribution in [3.8, 4) is 6.07 Å². The van der Waals surface area contributed by atoms with Crippen molar-refractivity contribution in [2.24, 2.45) is 0 Å². The molecule has 0 aliphatic rings. The van der Waals surface area contributed by atoms with Gasteiger partial charge >= 0.3 is 0 Å². The fourth-order valence-electron chi connectivity index (χ4n) is 1.58. The lowest BCUT2D eigenvalue weighted by molar-refractivity contribution is 0.258. The first-order valence-electron chi connectivity index (χ1n) is 5.53. The van der Waals surface area contributed by atoms with Crippen molar-refractivity contribution >= 4 is 45.8 Å². The van der Waals surface area contributed by atoms with E-state index in [1.54, 1.807) is 6.20 Å². The molecule has 3 nitrogen and oxygen atoms in total. The SMILES string of the molecule is C[Si](C)(C)OC(C#N)c1sc2ncccc2c1Br. The van der Waals surface area contributed by atoms with Crippen LogP contribution in [0.15, 0.2) is 22.8 Å². The van der Waals surface area contributed by atoms with E-state index in [1.807, 2.05) is 12.1 Å². The van der Waals surface area contributed by atoms with Crippen LogP contribution in [0.25, 0.3) is 10.2 Å². The van der Waals surface area contributed by atoms with Gasteiger partial charge in [-0.2, -0.15) is 5.26 Å². The maximum Gasteiger partial charge on any atom is 0.186 e. The number of fused-ring (bicyclic) bond motifs is 1. The topological polar surface area (TPSA) is 45.9 Å². The average Bonchev–Trinajstić information content (AvgIpc) is 2.63. The van der Waals surface area contributed by atoms with Gasteiger partial charge in [-0.05, 0) is 47.7 Å². The molecule has 2 aromatic heterocycles. The third kappa shape index (κ3) is 2.80. The lowest BCUT2D eigenvalue weighted by Gasteiger charge is -2.21. The summed E-state index contributed by atoms with van der Waals surface area (Å²) in [5.41, 5.74) is 0. The second-order valence-corrected chi connectivity index (χ2v) is 11.2. The van der Waals surface area contributed by atoms with E-state index in [4.69, 9.17) is 4.43 Å². The molecular weight excluding hydrogens is 328 g/mol. The molecular formula is C12H13BrN2OSSi. The van der Waals surface area contributed by atoms with E-state index in [9.17, 15) is 5.26 Å². The van der Waals surface area contributed by atoms with Crippen LogP contribution in [0.2, 0.25) is 19.6 Å². The highest BCUT2D eigenvalue weighted by atomic mass is 79.9. The van der Waals surface area contributed by atoms with Gasteiger partial charge < -0.3 is 4.43 Å². The summed E-state index contributed by atoms with van der Waals surface area (Å²) in [5, 5.41) is 10.3. The maximum atomic E-state index is 9.31. The third-order valence-electron chi connectivity index (χ3n) is 2.26. The average molecular weight is 341 g/mol. The summed E-state index contributed by atoms with van der Waals surface area (Å²) in [4.78, 5) is 6.15. The van der Waals surface area contributed by atoms with Crippen LogP contribution >= 0.6 is 27.3 Å². The number of hydrogen-bond acceptors (Lipinski definition) is 4. The van der Waals surface area contributed by atoms with Crippen LogP contribution < -0.4 is 0 Å². The molecule has 2 rings (SSSR count). The molecule has 2 aromatic rings. The smallest absolute Gasteiger partial charge is 0.186 e. The number of thiophene rings is 1. The molecule has 18 heavy (non-hydrogen) atoms. The van der Waals surface area contributed by atoms with Gasteiger partial charge in [-0.25, -0.2) is 4.98 Å². The summed E-state index contributed by atoms with van der Waals surface area (Å²) in [5.74, 6) is 0. The fraction of sp³-hybridized carbons (Fsp3) is 0.333. The van der Waals surface area contributed by atoms with Gasteiger partial charge in [0.15, 0.2) is 14.4 Å². The van der Waals surface area contributed by atoms with Crippen molar-refractivity contribution in [2.45, 2.75) is 25.7 Å². The maximum absolute atomic E-state index is 9.31. The second kappa shape index (κ2) is 5.09. The van der Waals surface area contributed by atoms with Gasteiger partial charge in [0.2, 0.25) is 0 Å². The molecule has 0 fully saturated rings. The Kier molecular flexibility index (Phi) is 3.87. The van der Waals surface area contributed by atoms with Gasteiger partial charge in [-0.1, -0.05) is 0 Å². The Morgan fingerprint density at radius 2 is 2.22 bits per heavy atom. The summed E-state index contributed by atoms with van der Waals surface area (Å²) < 4.78 is 6.84. The molecule has 0 aliphatic carbocycles. The van der Waals surface area contributed by atoms with E-state index < -0.39 is 14.4 Å². The number of nitrogens with zero attached hydrogens (tertiary/aromatic N) is 2. The Balaban J connectivity index is 2.46. The van der Waals surface area contributed by atoms with Crippen LogP contribution in [0.1, 0.15) is 11.0 Å². The normalized spacial score (nSPS) is 13.5. The van der Waals surface area contributed by atoms with E-state index in [0.29, 0.717) is 0 Å². The van der Waals surface area contributed by atoms with Crippen molar-refractivity contribution in [1.82, 2.24) is 4.98 Å². The number of halogens is 1. The fourth-order valence-corrected chi connectivity index (χ4v) is 4.46. The number of hydrogen-bond donors (Lipinski definition) is 0. The molecule has 0 aliphatic heterocycles. The lowest BCUT2D eigenvalue weighted by atomic mass is 10.2. The van der Waals surface area contributed by atoms with E-state index in [0.717, 1.165) is 19.6 Å². The summed E-state index contributed by atoms with van der Waals surface area (Å²) in [7, 11) is -1.75. The van der Waals surface area contributed by atoms with Gasteiger partial charge in [0, 0.05) is 16.1 Å². The van der Waals surface area contributed by atoms with Crippen LogP contribution in [0.3, 0.4) is 0 Å². The summed E-state index contributed by atoms with van der Waals surface area (Å²) in [6.07, 6.45) is 1.25. The van der Waals surface area contributed by atoms with Gasteiger partial charge in [0.05, 0.1) is 10.9 Å². The molecule has 0 saturated heterocycles. The molecule has 0 bridgehead atoms. The van der Waals surface area contributed by atoms with Crippen molar-refractivity contribution in [2.75, 3.05) is 0 Å². The molecule has 1 unspecified atom stereocenters. The molecule has 94 valence electrons. The highest BCUT2D eigenvalue weighted by Gasteiger charge is 2.26. The number of aromatic nitrogens is 1. The van der Waals surface area contributed by atoms with Gasteiger partial charge in [-0.3, -0.25) is 0 Å². The number of nitriles is 1. The molecule has 6 heteroatoms. The Morgan fingerprint density at radius 3 is 2.78 bits per heavy atom. The van der Waals surface area contributed by atoms with Crippen LogP contribution in [0.4, 0.5) is 0 Å². The van der Waals surface area contributed by atoms with Crippen molar-refractivity contribution in [1.29, 1.82) is 5.26 Å². The Bertz CT molecular complexity index is 615. The highest BCUT2D eigenvalue weighted by molar-refractivity contribution is 9.10. The largest absolute Gasteiger partial charge is 0.398 e. The summed E-state index contributed by atoms with van der Waals surface area (Å²) >= 11 is 5.07. The van der Waals surface area contributed by atoms with Crippen LogP contribution in [-0.4, -0.2) is 13.3 Å². The molecule has 0 amide bonds. The lowest BCUT2D eigenvalue weighted by Crippen LogP contribution is -2.27.